The number of carbonyl (C=O) groups is 1. The van der Waals surface area contributed by atoms with Crippen molar-refractivity contribution in [2.75, 3.05) is 13.8 Å². The van der Waals surface area contributed by atoms with Crippen LogP contribution in [-0.2, 0) is 11.3 Å². The lowest BCUT2D eigenvalue weighted by Crippen LogP contribution is -2.25. The topological polar surface area (TPSA) is 63.0 Å². The summed E-state index contributed by atoms with van der Waals surface area (Å²) in [6.45, 7) is 0.918. The van der Waals surface area contributed by atoms with Gasteiger partial charge in [0, 0.05) is 23.9 Å². The Balaban J connectivity index is 1.64. The number of nitrogens with one attached hydrogen (secondary N) is 1. The molecule has 5 nitrogen and oxygen atoms in total. The van der Waals surface area contributed by atoms with Crippen molar-refractivity contribution in [1.82, 2.24) is 5.32 Å². The van der Waals surface area contributed by atoms with Crippen molar-refractivity contribution in [1.29, 1.82) is 0 Å². The molecule has 0 spiro atoms. The van der Waals surface area contributed by atoms with Gasteiger partial charge < -0.3 is 10.1 Å². The molecular weight excluding hydrogens is 298 g/mol. The fourth-order valence-electron chi connectivity index (χ4n) is 2.10. The average Bonchev–Trinajstić information content (AvgIpc) is 2.59. The lowest BCUT2D eigenvalue weighted by Gasteiger charge is -2.15. The zero-order valence-electron chi connectivity index (χ0n) is 12.1. The van der Waals surface area contributed by atoms with E-state index in [0.29, 0.717) is 18.8 Å². The summed E-state index contributed by atoms with van der Waals surface area (Å²) in [4.78, 5) is 20.6. The van der Waals surface area contributed by atoms with E-state index in [1.165, 1.54) is 11.8 Å². The Morgan fingerprint density at radius 1 is 1.45 bits per heavy atom. The Labute approximate surface area is 132 Å². The van der Waals surface area contributed by atoms with Gasteiger partial charge in [-0.05, 0) is 29.2 Å². The maximum absolute atomic E-state index is 12.2. The maximum Gasteiger partial charge on any atom is 0.252 e. The van der Waals surface area contributed by atoms with Crippen molar-refractivity contribution in [3.63, 3.8) is 0 Å². The molecule has 1 aromatic rings. The van der Waals surface area contributed by atoms with E-state index < -0.39 is 0 Å². The summed E-state index contributed by atoms with van der Waals surface area (Å²) in [6.07, 6.45) is 3.58. The highest BCUT2D eigenvalue weighted by Crippen LogP contribution is 2.24. The number of hydrogen-bond acceptors (Lipinski definition) is 5. The smallest absolute Gasteiger partial charge is 0.252 e. The molecule has 1 aromatic carbocycles. The minimum Gasteiger partial charge on any atom is -0.497 e. The number of fused-ring (bicyclic) bond motifs is 1. The van der Waals surface area contributed by atoms with E-state index in [-0.39, 0.29) is 5.91 Å². The molecule has 2 aliphatic rings. The third kappa shape index (κ3) is 3.28. The van der Waals surface area contributed by atoms with E-state index in [9.17, 15) is 4.79 Å². The molecule has 6 heteroatoms. The van der Waals surface area contributed by atoms with Gasteiger partial charge in [0.25, 0.3) is 5.91 Å². The molecule has 0 bridgehead atoms. The van der Waals surface area contributed by atoms with Gasteiger partial charge in [0.15, 0.2) is 0 Å². The van der Waals surface area contributed by atoms with E-state index in [2.05, 4.69) is 15.3 Å². The van der Waals surface area contributed by atoms with E-state index in [1.54, 1.807) is 13.3 Å². The fourth-order valence-corrected chi connectivity index (χ4v) is 2.90. The van der Waals surface area contributed by atoms with Crippen LogP contribution in [0.2, 0.25) is 0 Å². The Hall–Kier alpha value is -2.34. The van der Waals surface area contributed by atoms with Gasteiger partial charge in [-0.3, -0.25) is 14.8 Å². The highest BCUT2D eigenvalue weighted by molar-refractivity contribution is 8.17. The summed E-state index contributed by atoms with van der Waals surface area (Å²) in [5.74, 6) is 0.668. The normalized spacial score (nSPS) is 16.1. The molecule has 1 N–H and O–H groups in total. The zero-order valence-corrected chi connectivity index (χ0v) is 12.9. The number of nitrogens with zero attached hydrogens (tertiary/aromatic N) is 2. The highest BCUT2D eigenvalue weighted by atomic mass is 32.2. The fraction of sp³-hybridized carbons (Fsp3) is 0.188. The average molecular weight is 313 g/mol. The first-order chi connectivity index (χ1) is 10.8. The van der Waals surface area contributed by atoms with Crippen LogP contribution in [0, 0.1) is 0 Å². The van der Waals surface area contributed by atoms with Gasteiger partial charge in [-0.2, -0.15) is 0 Å². The van der Waals surface area contributed by atoms with Crippen LogP contribution in [0.1, 0.15) is 5.56 Å². The quantitative estimate of drug-likeness (QED) is 0.928. The van der Waals surface area contributed by atoms with Crippen molar-refractivity contribution < 1.29 is 9.53 Å². The summed E-state index contributed by atoms with van der Waals surface area (Å²) in [7, 11) is 1.62. The standard InChI is InChI=1S/C16H15N3O2S/c1-21-14-4-2-3-11(5-14)7-18-15(20)13-6-12-8-17-10-19-16(12)22-9-13/h2-6,8-9H,7,10H2,1H3,(H,18,20). The zero-order chi connectivity index (χ0) is 15.4. The van der Waals surface area contributed by atoms with Gasteiger partial charge in [-0.25, -0.2) is 0 Å². The van der Waals surface area contributed by atoms with Crippen molar-refractivity contribution in [2.24, 2.45) is 9.98 Å². The maximum atomic E-state index is 12.2. The number of benzene rings is 1. The number of hydrogen-bond donors (Lipinski definition) is 1. The Bertz CT molecular complexity index is 720. The summed E-state index contributed by atoms with van der Waals surface area (Å²) < 4.78 is 5.17. The van der Waals surface area contributed by atoms with Gasteiger partial charge in [0.05, 0.1) is 7.11 Å². The molecular formula is C16H15N3O2S. The van der Waals surface area contributed by atoms with Crippen LogP contribution < -0.4 is 10.1 Å². The van der Waals surface area contributed by atoms with Crippen molar-refractivity contribution >= 4 is 28.9 Å². The molecule has 0 radical (unpaired) electrons. The van der Waals surface area contributed by atoms with E-state index in [0.717, 1.165) is 21.9 Å². The van der Waals surface area contributed by atoms with Crippen molar-refractivity contribution in [3.8, 4) is 5.75 Å². The largest absolute Gasteiger partial charge is 0.497 e. The number of carbonyl (C=O) groups excluding carboxylic acids is 1. The first kappa shape index (κ1) is 14.6. The van der Waals surface area contributed by atoms with Crippen molar-refractivity contribution in [3.05, 3.63) is 52.5 Å². The summed E-state index contributed by atoms with van der Waals surface area (Å²) in [5.41, 5.74) is 2.51. The molecule has 22 heavy (non-hydrogen) atoms. The van der Waals surface area contributed by atoms with Crippen molar-refractivity contribution in [2.45, 2.75) is 6.54 Å². The molecule has 2 aliphatic heterocycles. The Morgan fingerprint density at radius 2 is 2.36 bits per heavy atom. The summed E-state index contributed by atoms with van der Waals surface area (Å²) >= 11 is 1.46. The third-order valence-corrected chi connectivity index (χ3v) is 4.19. The molecule has 0 fully saturated rings. The molecule has 0 atom stereocenters. The lowest BCUT2D eigenvalue weighted by molar-refractivity contribution is -0.117. The van der Waals surface area contributed by atoms with Crippen LogP contribution in [-0.4, -0.2) is 30.9 Å². The van der Waals surface area contributed by atoms with E-state index in [1.807, 2.05) is 35.7 Å². The highest BCUT2D eigenvalue weighted by Gasteiger charge is 2.17. The monoisotopic (exact) mass is 313 g/mol. The number of ether oxygens (including phenoxy) is 1. The van der Waals surface area contributed by atoms with Gasteiger partial charge in [0.1, 0.15) is 17.5 Å². The Morgan fingerprint density at radius 3 is 3.23 bits per heavy atom. The second kappa shape index (κ2) is 6.62. The first-order valence-corrected chi connectivity index (χ1v) is 7.68. The van der Waals surface area contributed by atoms with Crippen LogP contribution in [0.3, 0.4) is 0 Å². The first-order valence-electron chi connectivity index (χ1n) is 6.80. The molecule has 112 valence electrons. The molecule has 0 saturated carbocycles. The minimum absolute atomic E-state index is 0.110. The van der Waals surface area contributed by atoms with Gasteiger partial charge in [0.2, 0.25) is 0 Å². The number of methoxy groups -OCH3 is 1. The van der Waals surface area contributed by atoms with Gasteiger partial charge in [-0.1, -0.05) is 23.9 Å². The van der Waals surface area contributed by atoms with E-state index >= 15 is 0 Å². The Kier molecular flexibility index (Phi) is 4.39. The molecule has 0 aromatic heterocycles. The molecule has 2 heterocycles. The second-order valence-electron chi connectivity index (χ2n) is 4.74. The lowest BCUT2D eigenvalue weighted by atomic mass is 10.1. The SMILES string of the molecule is COc1cccc(CNC(=O)C2=CSC3=NCN=CC3=C2)c1. The van der Waals surface area contributed by atoms with Crippen LogP contribution in [0.5, 0.6) is 5.75 Å². The number of amides is 1. The van der Waals surface area contributed by atoms with Gasteiger partial charge >= 0.3 is 0 Å². The predicted octanol–water partition coefficient (Wildman–Crippen LogP) is 2.31. The molecule has 3 rings (SSSR count). The van der Waals surface area contributed by atoms with Gasteiger partial charge in [-0.15, -0.1) is 0 Å². The van der Waals surface area contributed by atoms with Crippen LogP contribution in [0.15, 0.2) is 56.9 Å². The third-order valence-electron chi connectivity index (χ3n) is 3.23. The number of thioether (sulfide) groups is 1. The van der Waals surface area contributed by atoms with E-state index in [4.69, 9.17) is 4.74 Å². The van der Waals surface area contributed by atoms with Crippen LogP contribution in [0.4, 0.5) is 0 Å². The molecule has 0 aliphatic carbocycles. The predicted molar refractivity (Wildman–Crippen MR) is 89.4 cm³/mol. The summed E-state index contributed by atoms with van der Waals surface area (Å²) in [6, 6.07) is 7.63. The number of aliphatic imine (C=N–C) groups is 2. The minimum atomic E-state index is -0.110. The molecule has 0 saturated heterocycles. The summed E-state index contributed by atoms with van der Waals surface area (Å²) in [5, 5.41) is 5.65. The molecule has 0 unspecified atom stereocenters. The number of rotatable bonds is 4. The second-order valence-corrected chi connectivity index (χ2v) is 5.60. The molecule has 1 amide bonds. The van der Waals surface area contributed by atoms with Crippen LogP contribution >= 0.6 is 11.8 Å². The van der Waals surface area contributed by atoms with Crippen LogP contribution in [0.25, 0.3) is 0 Å².